The van der Waals surface area contributed by atoms with Crippen molar-refractivity contribution in [1.82, 2.24) is 0 Å². The van der Waals surface area contributed by atoms with Gasteiger partial charge in [0.05, 0.1) is 0 Å². The van der Waals surface area contributed by atoms with Crippen LogP contribution in [-0.4, -0.2) is 16.4 Å². The van der Waals surface area contributed by atoms with E-state index in [9.17, 15) is 9.50 Å². The summed E-state index contributed by atoms with van der Waals surface area (Å²) >= 11 is 0. The summed E-state index contributed by atoms with van der Waals surface area (Å²) in [5.74, 6) is 3.04. The molecule has 1 nitrogen and oxygen atoms in total. The molecule has 0 radical (unpaired) electrons. The van der Waals surface area contributed by atoms with Gasteiger partial charge in [0.25, 0.3) is 0 Å². The Hall–Kier alpha value is -0.550. The molecule has 0 aromatic carbocycles. The summed E-state index contributed by atoms with van der Waals surface area (Å²) in [6, 6.07) is 0. The highest BCUT2D eigenvalue weighted by molar-refractivity contribution is 5.23. The summed E-state index contributed by atoms with van der Waals surface area (Å²) in [6.07, 6.45) is 8.96. The number of terminal acetylenes is 1. The van der Waals surface area contributed by atoms with Gasteiger partial charge in [-0.15, -0.1) is 6.42 Å². The van der Waals surface area contributed by atoms with Crippen molar-refractivity contribution in [2.45, 2.75) is 43.4 Å². The van der Waals surface area contributed by atoms with E-state index in [4.69, 9.17) is 6.42 Å². The van der Waals surface area contributed by atoms with Crippen molar-refractivity contribution < 1.29 is 9.50 Å². The molecule has 4 rings (SSSR count). The first-order valence-electron chi connectivity index (χ1n) is 5.45. The second kappa shape index (κ2) is 2.33. The molecular weight excluding hydrogens is 179 g/mol. The lowest BCUT2D eigenvalue weighted by molar-refractivity contribution is -0.176. The third-order valence-electron chi connectivity index (χ3n) is 4.59. The second-order valence-electron chi connectivity index (χ2n) is 5.46. The number of aliphatic hydroxyl groups is 1. The normalized spacial score (nSPS) is 59.9. The quantitative estimate of drug-likeness (QED) is 0.584. The van der Waals surface area contributed by atoms with Gasteiger partial charge in [0.2, 0.25) is 0 Å². The van der Waals surface area contributed by atoms with Crippen LogP contribution in [0.2, 0.25) is 0 Å². The first-order chi connectivity index (χ1) is 6.56. The summed E-state index contributed by atoms with van der Waals surface area (Å²) in [7, 11) is 0. The van der Waals surface area contributed by atoms with E-state index in [1.807, 2.05) is 0 Å². The zero-order valence-electron chi connectivity index (χ0n) is 8.17. The fourth-order valence-corrected chi connectivity index (χ4v) is 4.12. The van der Waals surface area contributed by atoms with Crippen molar-refractivity contribution in [3.63, 3.8) is 0 Å². The third-order valence-corrected chi connectivity index (χ3v) is 4.59. The van der Waals surface area contributed by atoms with Crippen molar-refractivity contribution in [2.75, 3.05) is 0 Å². The minimum atomic E-state index is -1.00. The fraction of sp³-hybridized carbons (Fsp3) is 0.833. The van der Waals surface area contributed by atoms with Crippen LogP contribution in [0.15, 0.2) is 0 Å². The standard InChI is InChI=1S/C12H15FO/c1-2-12(14)9-3-8-4-10(12)7-11(13,5-8)6-9/h1,8-10,14H,3-7H2. The molecule has 1 N–H and O–H groups in total. The van der Waals surface area contributed by atoms with E-state index in [-0.39, 0.29) is 11.8 Å². The molecule has 76 valence electrons. The predicted octanol–water partition coefficient (Wildman–Crippen LogP) is 1.90. The highest BCUT2D eigenvalue weighted by atomic mass is 19.1. The van der Waals surface area contributed by atoms with Crippen LogP contribution in [0.5, 0.6) is 0 Å². The van der Waals surface area contributed by atoms with Crippen LogP contribution in [0.25, 0.3) is 0 Å². The average Bonchev–Trinajstić information content (AvgIpc) is 2.11. The second-order valence-corrected chi connectivity index (χ2v) is 5.46. The molecule has 2 atom stereocenters. The van der Waals surface area contributed by atoms with E-state index in [0.717, 1.165) is 12.8 Å². The zero-order chi connectivity index (χ0) is 9.97. The molecule has 0 aromatic heterocycles. The minimum Gasteiger partial charge on any atom is -0.377 e. The Labute approximate surface area is 83.7 Å². The summed E-state index contributed by atoms with van der Waals surface area (Å²) < 4.78 is 14.2. The van der Waals surface area contributed by atoms with Gasteiger partial charge in [-0.05, 0) is 38.0 Å². The first kappa shape index (κ1) is 8.73. The highest BCUT2D eigenvalue weighted by Crippen LogP contribution is 2.60. The van der Waals surface area contributed by atoms with Gasteiger partial charge in [-0.1, -0.05) is 5.92 Å². The fourth-order valence-electron chi connectivity index (χ4n) is 4.12. The van der Waals surface area contributed by atoms with Crippen molar-refractivity contribution in [3.05, 3.63) is 0 Å². The molecule has 0 saturated heterocycles. The Kier molecular flexibility index (Phi) is 1.46. The van der Waals surface area contributed by atoms with Gasteiger partial charge in [0.1, 0.15) is 11.3 Å². The summed E-state index contributed by atoms with van der Waals surface area (Å²) in [5.41, 5.74) is -1.99. The van der Waals surface area contributed by atoms with Gasteiger partial charge in [0, 0.05) is 11.8 Å². The molecule has 2 unspecified atom stereocenters. The monoisotopic (exact) mass is 194 g/mol. The lowest BCUT2D eigenvalue weighted by Crippen LogP contribution is -2.61. The Morgan fingerprint density at radius 1 is 1.21 bits per heavy atom. The Balaban J connectivity index is 2.01. The van der Waals surface area contributed by atoms with Crippen molar-refractivity contribution in [2.24, 2.45) is 17.8 Å². The third kappa shape index (κ3) is 0.892. The maximum absolute atomic E-state index is 14.2. The molecule has 0 aliphatic heterocycles. The number of hydrogen-bond donors (Lipinski definition) is 1. The van der Waals surface area contributed by atoms with Gasteiger partial charge >= 0.3 is 0 Å². The van der Waals surface area contributed by atoms with E-state index in [1.165, 1.54) is 0 Å². The van der Waals surface area contributed by atoms with Gasteiger partial charge in [-0.2, -0.15) is 0 Å². The van der Waals surface area contributed by atoms with Gasteiger partial charge in [-0.3, -0.25) is 0 Å². The molecule has 0 amide bonds. The van der Waals surface area contributed by atoms with Crippen molar-refractivity contribution >= 4 is 0 Å². The molecule has 0 heterocycles. The Morgan fingerprint density at radius 3 is 2.21 bits per heavy atom. The number of hydrogen-bond acceptors (Lipinski definition) is 1. The van der Waals surface area contributed by atoms with E-state index in [2.05, 4.69) is 5.92 Å². The molecule has 14 heavy (non-hydrogen) atoms. The molecule has 0 aromatic rings. The first-order valence-corrected chi connectivity index (χ1v) is 5.45. The molecule has 4 aliphatic carbocycles. The smallest absolute Gasteiger partial charge is 0.131 e. The van der Waals surface area contributed by atoms with Gasteiger partial charge in [-0.25, -0.2) is 4.39 Å². The van der Waals surface area contributed by atoms with Crippen molar-refractivity contribution in [1.29, 1.82) is 0 Å². The summed E-state index contributed by atoms with van der Waals surface area (Å²) in [4.78, 5) is 0. The molecule has 0 spiro atoms. The van der Waals surface area contributed by atoms with E-state index >= 15 is 0 Å². The molecule has 4 aliphatic rings. The predicted molar refractivity (Wildman–Crippen MR) is 51.2 cm³/mol. The summed E-state index contributed by atoms with van der Waals surface area (Å²) in [5, 5.41) is 10.3. The number of alkyl halides is 1. The summed E-state index contributed by atoms with van der Waals surface area (Å²) in [6.45, 7) is 0. The van der Waals surface area contributed by atoms with Crippen LogP contribution >= 0.6 is 0 Å². The van der Waals surface area contributed by atoms with E-state index in [0.29, 0.717) is 25.2 Å². The lowest BCUT2D eigenvalue weighted by Gasteiger charge is -2.59. The molecule has 4 saturated carbocycles. The largest absolute Gasteiger partial charge is 0.377 e. The maximum atomic E-state index is 14.2. The van der Waals surface area contributed by atoms with Crippen LogP contribution in [0.4, 0.5) is 4.39 Å². The maximum Gasteiger partial charge on any atom is 0.131 e. The average molecular weight is 194 g/mol. The molecule has 2 heteroatoms. The number of halogens is 1. The minimum absolute atomic E-state index is 0.0174. The lowest BCUT2D eigenvalue weighted by atomic mass is 9.49. The Bertz CT molecular complexity index is 301. The van der Waals surface area contributed by atoms with Crippen LogP contribution < -0.4 is 0 Å². The van der Waals surface area contributed by atoms with E-state index < -0.39 is 11.3 Å². The van der Waals surface area contributed by atoms with Crippen LogP contribution in [0.3, 0.4) is 0 Å². The SMILES string of the molecule is C#CC1(O)C2CC3CC1CC(F)(C3)C2. The van der Waals surface area contributed by atoms with Crippen LogP contribution in [0.1, 0.15) is 32.1 Å². The van der Waals surface area contributed by atoms with Crippen LogP contribution in [0, 0.1) is 30.1 Å². The molecule has 4 fully saturated rings. The van der Waals surface area contributed by atoms with Gasteiger partial charge < -0.3 is 5.11 Å². The number of rotatable bonds is 0. The van der Waals surface area contributed by atoms with E-state index in [1.54, 1.807) is 0 Å². The topological polar surface area (TPSA) is 20.2 Å². The molecule has 4 bridgehead atoms. The molecular formula is C12H15FO. The van der Waals surface area contributed by atoms with Gasteiger partial charge in [0.15, 0.2) is 0 Å². The van der Waals surface area contributed by atoms with Crippen molar-refractivity contribution in [3.8, 4) is 12.3 Å². The highest BCUT2D eigenvalue weighted by Gasteiger charge is 2.61. The van der Waals surface area contributed by atoms with Crippen LogP contribution in [-0.2, 0) is 0 Å². The Morgan fingerprint density at radius 2 is 1.79 bits per heavy atom. The zero-order valence-corrected chi connectivity index (χ0v) is 8.17.